The van der Waals surface area contributed by atoms with Crippen LogP contribution in [0.5, 0.6) is 0 Å². The molecule has 0 saturated heterocycles. The summed E-state index contributed by atoms with van der Waals surface area (Å²) in [4.78, 5) is 14.0. The summed E-state index contributed by atoms with van der Waals surface area (Å²) in [5.74, 6) is 0.350. The SMILES string of the molecule is CCC(C)(O)CNc1cc([N+](=O)[O-])cc(N)n1. The van der Waals surface area contributed by atoms with Gasteiger partial charge in [-0.25, -0.2) is 4.98 Å². The number of rotatable bonds is 5. The van der Waals surface area contributed by atoms with Crippen LogP contribution in [0.25, 0.3) is 0 Å². The zero-order valence-electron chi connectivity index (χ0n) is 9.80. The number of aliphatic hydroxyl groups is 1. The highest BCUT2D eigenvalue weighted by Crippen LogP contribution is 2.19. The van der Waals surface area contributed by atoms with Crippen molar-refractivity contribution in [3.05, 3.63) is 22.2 Å². The first-order chi connectivity index (χ1) is 7.84. The molecule has 0 radical (unpaired) electrons. The third-order valence-electron chi connectivity index (χ3n) is 2.45. The summed E-state index contributed by atoms with van der Waals surface area (Å²) in [6, 6.07) is 2.46. The lowest BCUT2D eigenvalue weighted by molar-refractivity contribution is -0.384. The molecule has 7 heteroatoms. The molecule has 1 rings (SSSR count). The number of anilines is 2. The molecule has 7 nitrogen and oxygen atoms in total. The Balaban J connectivity index is 2.81. The Labute approximate surface area is 98.8 Å². The first-order valence-electron chi connectivity index (χ1n) is 5.22. The van der Waals surface area contributed by atoms with Crippen LogP contribution in [0.2, 0.25) is 0 Å². The smallest absolute Gasteiger partial charge is 0.276 e. The van der Waals surface area contributed by atoms with E-state index in [4.69, 9.17) is 5.73 Å². The molecule has 1 aromatic heterocycles. The Hall–Kier alpha value is -1.89. The van der Waals surface area contributed by atoms with Crippen molar-refractivity contribution in [1.29, 1.82) is 0 Å². The molecule has 0 fully saturated rings. The third-order valence-corrected chi connectivity index (χ3v) is 2.45. The van der Waals surface area contributed by atoms with Gasteiger partial charge in [-0.15, -0.1) is 0 Å². The van der Waals surface area contributed by atoms with Gasteiger partial charge in [-0.1, -0.05) is 6.92 Å². The Morgan fingerprint density at radius 2 is 2.29 bits per heavy atom. The highest BCUT2D eigenvalue weighted by Gasteiger charge is 2.18. The monoisotopic (exact) mass is 240 g/mol. The first-order valence-corrected chi connectivity index (χ1v) is 5.22. The van der Waals surface area contributed by atoms with Crippen molar-refractivity contribution in [2.75, 3.05) is 17.6 Å². The van der Waals surface area contributed by atoms with Crippen molar-refractivity contribution in [2.45, 2.75) is 25.9 Å². The Bertz CT molecular complexity index is 420. The van der Waals surface area contributed by atoms with Crippen LogP contribution in [0.1, 0.15) is 20.3 Å². The topological polar surface area (TPSA) is 114 Å². The lowest BCUT2D eigenvalue weighted by atomic mass is 10.0. The van der Waals surface area contributed by atoms with E-state index in [2.05, 4.69) is 10.3 Å². The minimum absolute atomic E-state index is 0.0674. The fourth-order valence-corrected chi connectivity index (χ4v) is 1.14. The third kappa shape index (κ3) is 3.87. The number of nitro groups is 1. The van der Waals surface area contributed by atoms with Crippen molar-refractivity contribution in [3.8, 4) is 0 Å². The Kier molecular flexibility index (Phi) is 3.84. The van der Waals surface area contributed by atoms with Crippen LogP contribution < -0.4 is 11.1 Å². The maximum Gasteiger partial charge on any atom is 0.276 e. The number of nitrogens with one attached hydrogen (secondary N) is 1. The molecule has 1 aromatic rings. The molecule has 0 aromatic carbocycles. The fourth-order valence-electron chi connectivity index (χ4n) is 1.14. The average molecular weight is 240 g/mol. The molecule has 17 heavy (non-hydrogen) atoms. The van der Waals surface area contributed by atoms with E-state index in [1.807, 2.05) is 6.92 Å². The average Bonchev–Trinajstić information content (AvgIpc) is 2.26. The molecule has 0 amide bonds. The first kappa shape index (κ1) is 13.2. The van der Waals surface area contributed by atoms with Crippen molar-refractivity contribution < 1.29 is 10.0 Å². The fraction of sp³-hybridized carbons (Fsp3) is 0.500. The van der Waals surface area contributed by atoms with Gasteiger partial charge < -0.3 is 16.2 Å². The van der Waals surface area contributed by atoms with Gasteiger partial charge in [-0.2, -0.15) is 0 Å². The van der Waals surface area contributed by atoms with E-state index in [0.717, 1.165) is 0 Å². The summed E-state index contributed by atoms with van der Waals surface area (Å²) in [5, 5.41) is 23.2. The normalized spacial score (nSPS) is 14.1. The van der Waals surface area contributed by atoms with Crippen molar-refractivity contribution in [3.63, 3.8) is 0 Å². The van der Waals surface area contributed by atoms with Crippen molar-refractivity contribution >= 4 is 17.3 Å². The summed E-state index contributed by atoms with van der Waals surface area (Å²) in [7, 11) is 0. The van der Waals surface area contributed by atoms with Gasteiger partial charge in [0.25, 0.3) is 5.69 Å². The van der Waals surface area contributed by atoms with Crippen LogP contribution in [0.15, 0.2) is 12.1 Å². The Morgan fingerprint density at radius 1 is 1.65 bits per heavy atom. The Morgan fingerprint density at radius 3 is 2.82 bits per heavy atom. The minimum Gasteiger partial charge on any atom is -0.388 e. The van der Waals surface area contributed by atoms with E-state index in [1.54, 1.807) is 6.92 Å². The lowest BCUT2D eigenvalue weighted by Crippen LogP contribution is -2.32. The number of nitrogens with zero attached hydrogens (tertiary/aromatic N) is 2. The number of hydrogen-bond donors (Lipinski definition) is 3. The largest absolute Gasteiger partial charge is 0.388 e. The molecule has 4 N–H and O–H groups in total. The van der Waals surface area contributed by atoms with Crippen molar-refractivity contribution in [2.24, 2.45) is 0 Å². The second-order valence-corrected chi connectivity index (χ2v) is 4.10. The van der Waals surface area contributed by atoms with Crippen LogP contribution in [-0.4, -0.2) is 27.2 Å². The number of nitrogens with two attached hydrogens (primary N) is 1. The van der Waals surface area contributed by atoms with Crippen LogP contribution in [0, 0.1) is 10.1 Å². The molecule has 0 saturated carbocycles. The number of nitrogen functional groups attached to an aromatic ring is 1. The molecule has 1 heterocycles. The summed E-state index contributed by atoms with van der Waals surface area (Å²) < 4.78 is 0. The van der Waals surface area contributed by atoms with Gasteiger partial charge in [0.2, 0.25) is 0 Å². The zero-order valence-corrected chi connectivity index (χ0v) is 9.80. The van der Waals surface area contributed by atoms with Gasteiger partial charge in [0.1, 0.15) is 11.6 Å². The maximum atomic E-state index is 10.6. The number of hydrogen-bond acceptors (Lipinski definition) is 6. The molecule has 0 aliphatic carbocycles. The van der Waals surface area contributed by atoms with Crippen molar-refractivity contribution in [1.82, 2.24) is 4.98 Å². The van der Waals surface area contributed by atoms with Crippen LogP contribution in [0.3, 0.4) is 0 Å². The second-order valence-electron chi connectivity index (χ2n) is 4.10. The van der Waals surface area contributed by atoms with E-state index in [-0.39, 0.29) is 23.9 Å². The highest BCUT2D eigenvalue weighted by atomic mass is 16.6. The standard InChI is InChI=1S/C10H16N4O3/c1-3-10(2,15)6-12-9-5-7(14(16)17)4-8(11)13-9/h4-5,15H,3,6H2,1-2H3,(H3,11,12,13). The van der Waals surface area contributed by atoms with Crippen LogP contribution >= 0.6 is 0 Å². The van der Waals surface area contributed by atoms with E-state index in [0.29, 0.717) is 6.42 Å². The van der Waals surface area contributed by atoms with Gasteiger partial charge in [-0.3, -0.25) is 10.1 Å². The summed E-state index contributed by atoms with van der Waals surface area (Å²) >= 11 is 0. The van der Waals surface area contributed by atoms with E-state index >= 15 is 0 Å². The molecule has 1 unspecified atom stereocenters. The van der Waals surface area contributed by atoms with Gasteiger partial charge in [-0.05, 0) is 13.3 Å². The van der Waals surface area contributed by atoms with Gasteiger partial charge >= 0.3 is 0 Å². The van der Waals surface area contributed by atoms with E-state index < -0.39 is 10.5 Å². The predicted molar refractivity (Wildman–Crippen MR) is 64.7 cm³/mol. The maximum absolute atomic E-state index is 10.6. The summed E-state index contributed by atoms with van der Waals surface area (Å²) in [6.45, 7) is 3.76. The molecule has 1 atom stereocenters. The summed E-state index contributed by atoms with van der Waals surface area (Å²) in [5.41, 5.74) is 4.43. The molecule has 94 valence electrons. The predicted octanol–water partition coefficient (Wildman–Crippen LogP) is 1.14. The molecule has 0 bridgehead atoms. The van der Waals surface area contributed by atoms with E-state index in [9.17, 15) is 15.2 Å². The molecular weight excluding hydrogens is 224 g/mol. The van der Waals surface area contributed by atoms with Crippen LogP contribution in [0.4, 0.5) is 17.3 Å². The lowest BCUT2D eigenvalue weighted by Gasteiger charge is -2.21. The number of aromatic nitrogens is 1. The molecule has 0 aliphatic heterocycles. The zero-order chi connectivity index (χ0) is 13.1. The van der Waals surface area contributed by atoms with Gasteiger partial charge in [0, 0.05) is 6.54 Å². The minimum atomic E-state index is -0.888. The second kappa shape index (κ2) is 4.96. The molecule has 0 aliphatic rings. The van der Waals surface area contributed by atoms with E-state index in [1.165, 1.54) is 12.1 Å². The quantitative estimate of drug-likeness (QED) is 0.525. The van der Waals surface area contributed by atoms with Gasteiger partial charge in [0.15, 0.2) is 0 Å². The number of pyridine rings is 1. The summed E-state index contributed by atoms with van der Waals surface area (Å²) in [6.07, 6.45) is 0.560. The molecule has 0 spiro atoms. The highest BCUT2D eigenvalue weighted by molar-refractivity contribution is 5.52. The molecular formula is C10H16N4O3. The van der Waals surface area contributed by atoms with Crippen LogP contribution in [-0.2, 0) is 0 Å². The van der Waals surface area contributed by atoms with Gasteiger partial charge in [0.05, 0.1) is 22.7 Å².